The highest BCUT2D eigenvalue weighted by Gasteiger charge is 2.25. The highest BCUT2D eigenvalue weighted by Crippen LogP contribution is 2.43. The van der Waals surface area contributed by atoms with Crippen LogP contribution in [0, 0.1) is 0 Å². The van der Waals surface area contributed by atoms with Gasteiger partial charge in [0.1, 0.15) is 21.2 Å². The third kappa shape index (κ3) is 2.43. The van der Waals surface area contributed by atoms with Crippen LogP contribution < -0.4 is 17.2 Å². The molecule has 3 heterocycles. The van der Waals surface area contributed by atoms with E-state index >= 15 is 0 Å². The van der Waals surface area contributed by atoms with Crippen LogP contribution in [-0.4, -0.2) is 33.9 Å². The van der Waals surface area contributed by atoms with Crippen LogP contribution >= 0.6 is 11.3 Å². The number of amides is 1. The molecule has 0 spiro atoms. The van der Waals surface area contributed by atoms with Gasteiger partial charge in [0, 0.05) is 42.2 Å². The van der Waals surface area contributed by atoms with E-state index in [2.05, 4.69) is 9.98 Å². The average molecular weight is 379 g/mol. The Bertz CT molecular complexity index is 1250. The van der Waals surface area contributed by atoms with Gasteiger partial charge in [0.25, 0.3) is 5.91 Å². The number of rotatable bonds is 3. The Morgan fingerprint density at radius 1 is 1.30 bits per heavy atom. The van der Waals surface area contributed by atoms with Crippen LogP contribution in [0.1, 0.15) is 15.2 Å². The number of hydrogen-bond donors (Lipinski definition) is 3. The van der Waals surface area contributed by atoms with Gasteiger partial charge >= 0.3 is 0 Å². The Labute approximate surface area is 158 Å². The highest BCUT2D eigenvalue weighted by molar-refractivity contribution is 7.21. The van der Waals surface area contributed by atoms with E-state index in [1.54, 1.807) is 17.9 Å². The quantitative estimate of drug-likeness (QED) is 0.468. The lowest BCUT2D eigenvalue weighted by Gasteiger charge is -2.09. The molecule has 4 rings (SSSR count). The van der Waals surface area contributed by atoms with Gasteiger partial charge in [-0.15, -0.1) is 11.3 Å². The molecule has 0 fully saturated rings. The second-order valence-electron chi connectivity index (χ2n) is 6.05. The number of fused-ring (bicyclic) bond motifs is 2. The molecular weight excluding hydrogens is 362 g/mol. The van der Waals surface area contributed by atoms with E-state index in [4.69, 9.17) is 22.3 Å². The summed E-state index contributed by atoms with van der Waals surface area (Å²) in [6.45, 7) is 0. The summed E-state index contributed by atoms with van der Waals surface area (Å²) in [5.41, 5.74) is 21.2. The molecule has 1 amide bonds. The minimum atomic E-state index is -0.600. The predicted molar refractivity (Wildman–Crippen MR) is 110 cm³/mol. The molecule has 136 valence electrons. The number of para-hydroxylation sites is 1. The van der Waals surface area contributed by atoms with Crippen molar-refractivity contribution in [3.05, 3.63) is 34.7 Å². The number of nitrogens with two attached hydrogens (primary N) is 3. The van der Waals surface area contributed by atoms with Crippen molar-refractivity contribution in [2.45, 2.75) is 0 Å². The molecule has 0 bridgehead atoms. The van der Waals surface area contributed by atoms with Gasteiger partial charge in [0.15, 0.2) is 0 Å². The van der Waals surface area contributed by atoms with E-state index in [1.165, 1.54) is 0 Å². The molecule has 3 aromatic heterocycles. The summed E-state index contributed by atoms with van der Waals surface area (Å²) in [4.78, 5) is 21.1. The number of nitrogen functional groups attached to an aromatic ring is 2. The molecule has 9 heteroatoms. The summed E-state index contributed by atoms with van der Waals surface area (Å²) in [5.74, 6) is -0.313. The van der Waals surface area contributed by atoms with Crippen LogP contribution in [0.25, 0.3) is 32.4 Å². The fourth-order valence-corrected chi connectivity index (χ4v) is 4.24. The third-order valence-corrected chi connectivity index (χ3v) is 5.53. The normalized spacial score (nSPS) is 11.8. The molecule has 0 aliphatic heterocycles. The smallest absolute Gasteiger partial charge is 0.260 e. The number of carbonyl (C=O) groups is 1. The average Bonchev–Trinajstić information content (AvgIpc) is 3.14. The SMILES string of the molecule is CN=Cc1c(N)nc2sc(C(N)=O)c(N)c2c1-c1nn(C)c2ccccc12. The predicted octanol–water partition coefficient (Wildman–Crippen LogP) is 2.16. The number of benzene rings is 1. The van der Waals surface area contributed by atoms with Gasteiger partial charge in [-0.1, -0.05) is 18.2 Å². The maximum absolute atomic E-state index is 11.8. The number of primary amides is 1. The molecular formula is C18H17N7OS. The van der Waals surface area contributed by atoms with Gasteiger partial charge in [0.2, 0.25) is 0 Å². The van der Waals surface area contributed by atoms with E-state index < -0.39 is 5.91 Å². The number of anilines is 2. The number of pyridine rings is 1. The first-order valence-electron chi connectivity index (χ1n) is 8.09. The van der Waals surface area contributed by atoms with E-state index in [9.17, 15) is 4.79 Å². The highest BCUT2D eigenvalue weighted by atomic mass is 32.1. The maximum Gasteiger partial charge on any atom is 0.260 e. The summed E-state index contributed by atoms with van der Waals surface area (Å²) in [6, 6.07) is 7.84. The molecule has 0 saturated heterocycles. The largest absolute Gasteiger partial charge is 0.397 e. The van der Waals surface area contributed by atoms with Crippen LogP contribution in [-0.2, 0) is 7.05 Å². The zero-order valence-corrected chi connectivity index (χ0v) is 15.5. The summed E-state index contributed by atoms with van der Waals surface area (Å²) < 4.78 is 1.79. The number of aliphatic imine (C=N–C) groups is 1. The fraction of sp³-hybridized carbons (Fsp3) is 0.111. The molecule has 6 N–H and O–H groups in total. The van der Waals surface area contributed by atoms with Crippen LogP contribution in [0.15, 0.2) is 29.3 Å². The number of aromatic nitrogens is 3. The lowest BCUT2D eigenvalue weighted by molar-refractivity contribution is 0.100. The van der Waals surface area contributed by atoms with E-state index in [-0.39, 0.29) is 16.4 Å². The lowest BCUT2D eigenvalue weighted by atomic mass is 9.99. The van der Waals surface area contributed by atoms with Crippen molar-refractivity contribution < 1.29 is 4.79 Å². The summed E-state index contributed by atoms with van der Waals surface area (Å²) in [6.07, 6.45) is 1.63. The van der Waals surface area contributed by atoms with E-state index in [1.807, 2.05) is 31.3 Å². The topological polar surface area (TPSA) is 138 Å². The number of aryl methyl sites for hydroxylation is 1. The first kappa shape index (κ1) is 17.0. The Hall–Kier alpha value is -3.46. The monoisotopic (exact) mass is 379 g/mol. The Morgan fingerprint density at radius 2 is 2.04 bits per heavy atom. The zero-order chi connectivity index (χ0) is 19.3. The van der Waals surface area contributed by atoms with Gasteiger partial charge in [-0.2, -0.15) is 5.10 Å². The van der Waals surface area contributed by atoms with Crippen LogP contribution in [0.4, 0.5) is 11.5 Å². The summed E-state index contributed by atoms with van der Waals surface area (Å²) in [7, 11) is 3.52. The molecule has 27 heavy (non-hydrogen) atoms. The second kappa shape index (κ2) is 6.06. The lowest BCUT2D eigenvalue weighted by Crippen LogP contribution is -2.10. The van der Waals surface area contributed by atoms with E-state index in [0.29, 0.717) is 27.0 Å². The van der Waals surface area contributed by atoms with Gasteiger partial charge in [0.05, 0.1) is 11.2 Å². The maximum atomic E-state index is 11.8. The molecule has 0 aliphatic carbocycles. The first-order chi connectivity index (χ1) is 12.9. The molecule has 8 nitrogen and oxygen atoms in total. The van der Waals surface area contributed by atoms with Crippen molar-refractivity contribution in [2.24, 2.45) is 17.8 Å². The molecule has 1 aromatic carbocycles. The van der Waals surface area contributed by atoms with Crippen molar-refractivity contribution in [3.8, 4) is 11.3 Å². The van der Waals surface area contributed by atoms with Gasteiger partial charge in [-0.3, -0.25) is 14.5 Å². The van der Waals surface area contributed by atoms with Gasteiger partial charge in [-0.05, 0) is 6.07 Å². The molecule has 0 unspecified atom stereocenters. The summed E-state index contributed by atoms with van der Waals surface area (Å²) in [5, 5.41) is 6.24. The second-order valence-corrected chi connectivity index (χ2v) is 7.05. The van der Waals surface area contributed by atoms with Crippen LogP contribution in [0.5, 0.6) is 0 Å². The first-order valence-corrected chi connectivity index (χ1v) is 8.91. The molecule has 0 radical (unpaired) electrons. The Kier molecular flexibility index (Phi) is 3.81. The zero-order valence-electron chi connectivity index (χ0n) is 14.7. The van der Waals surface area contributed by atoms with Crippen molar-refractivity contribution in [1.29, 1.82) is 0 Å². The Balaban J connectivity index is 2.23. The molecule has 0 aliphatic rings. The van der Waals surface area contributed by atoms with Gasteiger partial charge in [-0.25, -0.2) is 4.98 Å². The minimum Gasteiger partial charge on any atom is -0.397 e. The summed E-state index contributed by atoms with van der Waals surface area (Å²) >= 11 is 1.12. The number of thiophene rings is 1. The minimum absolute atomic E-state index is 0.254. The molecule has 0 atom stereocenters. The molecule has 0 saturated carbocycles. The van der Waals surface area contributed by atoms with Crippen LogP contribution in [0.3, 0.4) is 0 Å². The third-order valence-electron chi connectivity index (χ3n) is 4.42. The fourth-order valence-electron chi connectivity index (χ4n) is 3.27. The number of carbonyl (C=O) groups excluding carboxylic acids is 1. The molecule has 4 aromatic rings. The number of nitrogens with zero attached hydrogens (tertiary/aromatic N) is 4. The van der Waals surface area contributed by atoms with Crippen molar-refractivity contribution in [2.75, 3.05) is 18.5 Å². The standard InChI is InChI=1S/C18H17N7OS/c1-22-7-9-11(14-8-5-3-4-6-10(8)25(2)24-14)12-13(19)15(17(21)26)27-18(12)23-16(9)20/h3-7H,19H2,1-2H3,(H2,20,23)(H2,21,26). The van der Waals surface area contributed by atoms with Crippen molar-refractivity contribution in [3.63, 3.8) is 0 Å². The number of hydrogen-bond acceptors (Lipinski definition) is 7. The Morgan fingerprint density at radius 3 is 2.74 bits per heavy atom. The van der Waals surface area contributed by atoms with Crippen molar-refractivity contribution >= 4 is 56.1 Å². The van der Waals surface area contributed by atoms with Crippen LogP contribution in [0.2, 0.25) is 0 Å². The van der Waals surface area contributed by atoms with Crippen molar-refractivity contribution in [1.82, 2.24) is 14.8 Å². The van der Waals surface area contributed by atoms with E-state index in [0.717, 1.165) is 22.2 Å². The van der Waals surface area contributed by atoms with Gasteiger partial charge < -0.3 is 17.2 Å².